The van der Waals surface area contributed by atoms with Crippen LogP contribution < -0.4 is 4.90 Å². The van der Waals surface area contributed by atoms with E-state index in [0.717, 1.165) is 39.0 Å². The molecule has 1 heterocycles. The number of anilines is 3. The Kier molecular flexibility index (Phi) is 6.53. The number of para-hydroxylation sites is 1. The van der Waals surface area contributed by atoms with Gasteiger partial charge in [-0.25, -0.2) is 0 Å². The Balaban J connectivity index is 1.20. The molecule has 0 atom stereocenters. The van der Waals surface area contributed by atoms with Crippen LogP contribution in [0.25, 0.3) is 76.5 Å². The summed E-state index contributed by atoms with van der Waals surface area (Å²) >= 11 is 0. The summed E-state index contributed by atoms with van der Waals surface area (Å²) in [4.78, 5) is 2.39. The highest BCUT2D eigenvalue weighted by molar-refractivity contribution is 6.21. The van der Waals surface area contributed by atoms with Gasteiger partial charge in [-0.2, -0.15) is 0 Å². The van der Waals surface area contributed by atoms with Crippen LogP contribution in [-0.4, -0.2) is 0 Å². The zero-order chi connectivity index (χ0) is 33.0. The van der Waals surface area contributed by atoms with Crippen molar-refractivity contribution in [1.82, 2.24) is 0 Å². The molecule has 0 aliphatic rings. The molecular weight excluding hydrogens is 607 g/mol. The first-order valence-corrected chi connectivity index (χ1v) is 17.1. The Labute approximate surface area is 290 Å². The topological polar surface area (TPSA) is 16.4 Å². The summed E-state index contributed by atoms with van der Waals surface area (Å²) in [5.41, 5.74) is 9.83. The molecule has 0 N–H and O–H groups in total. The first kappa shape index (κ1) is 28.4. The third-order valence-electron chi connectivity index (χ3n) is 10.1. The molecule has 1 aromatic heterocycles. The highest BCUT2D eigenvalue weighted by Crippen LogP contribution is 2.45. The van der Waals surface area contributed by atoms with E-state index in [1.54, 1.807) is 0 Å². The fraction of sp³-hybridized carbons (Fsp3) is 0. The molecule has 0 radical (unpaired) electrons. The zero-order valence-electron chi connectivity index (χ0n) is 27.3. The quantitative estimate of drug-likeness (QED) is 0.175. The second kappa shape index (κ2) is 11.5. The molecule has 10 aromatic rings. The van der Waals surface area contributed by atoms with Crippen molar-refractivity contribution >= 4 is 71.3 Å². The van der Waals surface area contributed by atoms with E-state index in [-0.39, 0.29) is 0 Å². The number of hydrogen-bond donors (Lipinski definition) is 0. The third-order valence-corrected chi connectivity index (χ3v) is 10.1. The first-order valence-electron chi connectivity index (χ1n) is 17.1. The van der Waals surface area contributed by atoms with Crippen molar-refractivity contribution in [2.24, 2.45) is 0 Å². The van der Waals surface area contributed by atoms with Gasteiger partial charge in [-0.05, 0) is 85.6 Å². The summed E-state index contributed by atoms with van der Waals surface area (Å²) in [6.07, 6.45) is 0. The Hall–Kier alpha value is -6.64. The van der Waals surface area contributed by atoms with Crippen LogP contribution >= 0.6 is 0 Å². The number of hydrogen-bond acceptors (Lipinski definition) is 2. The average molecular weight is 638 g/mol. The van der Waals surface area contributed by atoms with Crippen molar-refractivity contribution in [3.8, 4) is 22.3 Å². The van der Waals surface area contributed by atoms with E-state index in [1.807, 2.05) is 12.1 Å². The van der Waals surface area contributed by atoms with E-state index < -0.39 is 0 Å². The van der Waals surface area contributed by atoms with Gasteiger partial charge in [0.05, 0.1) is 5.69 Å². The maximum atomic E-state index is 6.43. The van der Waals surface area contributed by atoms with Gasteiger partial charge >= 0.3 is 0 Å². The molecule has 2 nitrogen and oxygen atoms in total. The molecule has 0 unspecified atom stereocenters. The molecule has 10 rings (SSSR count). The van der Waals surface area contributed by atoms with Crippen LogP contribution in [-0.2, 0) is 0 Å². The third kappa shape index (κ3) is 4.57. The molecule has 0 spiro atoms. The highest BCUT2D eigenvalue weighted by Gasteiger charge is 2.20. The molecule has 0 aliphatic heterocycles. The summed E-state index contributed by atoms with van der Waals surface area (Å²) in [5.74, 6) is 0. The molecule has 0 saturated carbocycles. The number of benzene rings is 9. The summed E-state index contributed by atoms with van der Waals surface area (Å²) in [6, 6.07) is 67.5. The molecular formula is C48H31NO. The molecule has 0 saturated heterocycles. The summed E-state index contributed by atoms with van der Waals surface area (Å²) in [7, 11) is 0. The maximum absolute atomic E-state index is 6.43. The van der Waals surface area contributed by atoms with E-state index in [4.69, 9.17) is 4.42 Å². The minimum atomic E-state index is 0.873. The van der Waals surface area contributed by atoms with E-state index in [9.17, 15) is 0 Å². The van der Waals surface area contributed by atoms with Crippen LogP contribution in [0.4, 0.5) is 17.1 Å². The lowest BCUT2D eigenvalue weighted by Gasteiger charge is -2.28. The number of furan rings is 1. The minimum Gasteiger partial charge on any atom is -0.456 e. The van der Waals surface area contributed by atoms with Gasteiger partial charge in [0.25, 0.3) is 0 Å². The van der Waals surface area contributed by atoms with Gasteiger partial charge in [0.1, 0.15) is 11.2 Å². The normalized spacial score (nSPS) is 11.6. The monoisotopic (exact) mass is 637 g/mol. The van der Waals surface area contributed by atoms with Crippen LogP contribution in [0.1, 0.15) is 0 Å². The summed E-state index contributed by atoms with van der Waals surface area (Å²) in [5, 5.41) is 9.67. The average Bonchev–Trinajstić information content (AvgIpc) is 3.56. The Morgan fingerprint density at radius 2 is 0.940 bits per heavy atom. The van der Waals surface area contributed by atoms with Crippen molar-refractivity contribution in [3.05, 3.63) is 188 Å². The SMILES string of the molecule is c1ccc(-c2ccccc2-c2ccc(N(c3ccc4c(c3)oc3ccccc34)c3cccc4ccc5c6ccccc6ccc5c34)cc2)cc1. The molecule has 234 valence electrons. The zero-order valence-corrected chi connectivity index (χ0v) is 27.3. The van der Waals surface area contributed by atoms with Gasteiger partial charge in [0.15, 0.2) is 0 Å². The van der Waals surface area contributed by atoms with Crippen molar-refractivity contribution < 1.29 is 4.42 Å². The van der Waals surface area contributed by atoms with Gasteiger partial charge in [-0.1, -0.05) is 146 Å². The number of nitrogens with zero attached hydrogens (tertiary/aromatic N) is 1. The van der Waals surface area contributed by atoms with Crippen LogP contribution in [0.2, 0.25) is 0 Å². The molecule has 0 fully saturated rings. The standard InChI is InChI=1S/C48H31NO/c1-2-11-32(12-3-1)38-15-6-7-16-39(38)34-21-25-36(26-22-34)49(37-27-30-43-42-18-8-9-20-46(42)50-47(43)31-37)45-19-10-14-35-24-28-41-40-17-5-4-13-33(40)23-29-44(41)48(35)45/h1-31H. The predicted molar refractivity (Wildman–Crippen MR) is 212 cm³/mol. The minimum absolute atomic E-state index is 0.873. The summed E-state index contributed by atoms with van der Waals surface area (Å²) < 4.78 is 6.43. The molecule has 9 aromatic carbocycles. The lowest BCUT2D eigenvalue weighted by molar-refractivity contribution is 0.669. The van der Waals surface area contributed by atoms with E-state index in [1.165, 1.54) is 54.6 Å². The van der Waals surface area contributed by atoms with Crippen LogP contribution in [0.5, 0.6) is 0 Å². The Bertz CT molecular complexity index is 2870. The predicted octanol–water partition coefficient (Wildman–Crippen LogP) is 13.8. The molecule has 0 aliphatic carbocycles. The van der Waals surface area contributed by atoms with Crippen molar-refractivity contribution in [2.45, 2.75) is 0 Å². The fourth-order valence-electron chi connectivity index (χ4n) is 7.72. The second-order valence-electron chi connectivity index (χ2n) is 12.9. The highest BCUT2D eigenvalue weighted by atomic mass is 16.3. The largest absolute Gasteiger partial charge is 0.456 e. The van der Waals surface area contributed by atoms with Crippen LogP contribution in [0.15, 0.2) is 192 Å². The Morgan fingerprint density at radius 1 is 0.340 bits per heavy atom. The lowest BCUT2D eigenvalue weighted by atomic mass is 9.94. The van der Waals surface area contributed by atoms with E-state index in [0.29, 0.717) is 0 Å². The molecule has 0 bridgehead atoms. The van der Waals surface area contributed by atoms with Gasteiger partial charge in [-0.3, -0.25) is 0 Å². The molecule has 50 heavy (non-hydrogen) atoms. The van der Waals surface area contributed by atoms with Crippen molar-refractivity contribution in [2.75, 3.05) is 4.90 Å². The lowest BCUT2D eigenvalue weighted by Crippen LogP contribution is -2.10. The number of rotatable bonds is 5. The van der Waals surface area contributed by atoms with Gasteiger partial charge in [-0.15, -0.1) is 0 Å². The fourth-order valence-corrected chi connectivity index (χ4v) is 7.72. The van der Waals surface area contributed by atoms with Gasteiger partial charge in [0, 0.05) is 33.6 Å². The van der Waals surface area contributed by atoms with Crippen molar-refractivity contribution in [1.29, 1.82) is 0 Å². The molecule has 0 amide bonds. The molecule has 2 heteroatoms. The first-order chi connectivity index (χ1) is 24.8. The van der Waals surface area contributed by atoms with Crippen molar-refractivity contribution in [3.63, 3.8) is 0 Å². The number of fused-ring (bicyclic) bond motifs is 8. The van der Waals surface area contributed by atoms with E-state index >= 15 is 0 Å². The van der Waals surface area contributed by atoms with Crippen LogP contribution in [0, 0.1) is 0 Å². The smallest absolute Gasteiger partial charge is 0.137 e. The van der Waals surface area contributed by atoms with E-state index in [2.05, 4.69) is 181 Å². The Morgan fingerprint density at radius 3 is 1.78 bits per heavy atom. The second-order valence-corrected chi connectivity index (χ2v) is 12.9. The summed E-state index contributed by atoms with van der Waals surface area (Å²) in [6.45, 7) is 0. The van der Waals surface area contributed by atoms with Gasteiger partial charge in [0.2, 0.25) is 0 Å². The maximum Gasteiger partial charge on any atom is 0.137 e. The van der Waals surface area contributed by atoms with Crippen LogP contribution in [0.3, 0.4) is 0 Å². The van der Waals surface area contributed by atoms with Gasteiger partial charge < -0.3 is 9.32 Å².